The van der Waals surface area contributed by atoms with Gasteiger partial charge in [0.2, 0.25) is 11.8 Å². The summed E-state index contributed by atoms with van der Waals surface area (Å²) in [5.41, 5.74) is 4.88. The molecule has 0 bridgehead atoms. The van der Waals surface area contributed by atoms with Crippen molar-refractivity contribution in [2.75, 3.05) is 10.8 Å². The van der Waals surface area contributed by atoms with Gasteiger partial charge in [-0.1, -0.05) is 103 Å². The molecule has 7 nitrogen and oxygen atoms in total. The normalized spacial score (nSPS) is 12.6. The number of hydrogen-bond acceptors (Lipinski definition) is 4. The first-order valence-corrected chi connectivity index (χ1v) is 16.8. The molecule has 45 heavy (non-hydrogen) atoms. The van der Waals surface area contributed by atoms with Crippen molar-refractivity contribution in [2.45, 2.75) is 71.0 Å². The fraction of sp³-hybridized carbons (Fsp3) is 0.297. The Bertz CT molecular complexity index is 1710. The number of nitrogens with zero attached hydrogens (tertiary/aromatic N) is 2. The van der Waals surface area contributed by atoms with Gasteiger partial charge in [0.1, 0.15) is 12.6 Å². The molecule has 0 aliphatic rings. The Labute approximate surface area is 268 Å². The number of anilines is 1. The molecule has 0 aliphatic heterocycles. The summed E-state index contributed by atoms with van der Waals surface area (Å²) in [6, 6.07) is 30.0. The van der Waals surface area contributed by atoms with Crippen LogP contribution < -0.4 is 9.62 Å². The van der Waals surface area contributed by atoms with Crippen molar-refractivity contribution in [3.05, 3.63) is 131 Å². The van der Waals surface area contributed by atoms with Crippen LogP contribution in [-0.2, 0) is 32.6 Å². The van der Waals surface area contributed by atoms with E-state index in [-0.39, 0.29) is 29.8 Å². The van der Waals surface area contributed by atoms with Crippen LogP contribution >= 0.6 is 0 Å². The zero-order valence-corrected chi connectivity index (χ0v) is 27.6. The molecule has 1 N–H and O–H groups in total. The van der Waals surface area contributed by atoms with E-state index in [1.165, 1.54) is 21.3 Å². The number of sulfonamides is 1. The van der Waals surface area contributed by atoms with Gasteiger partial charge in [0.05, 0.1) is 10.6 Å². The second-order valence-corrected chi connectivity index (χ2v) is 13.5. The molecule has 0 spiro atoms. The van der Waals surface area contributed by atoms with Crippen molar-refractivity contribution in [3.63, 3.8) is 0 Å². The smallest absolute Gasteiger partial charge is 0.264 e. The molecule has 4 aromatic rings. The fourth-order valence-corrected chi connectivity index (χ4v) is 6.82. The summed E-state index contributed by atoms with van der Waals surface area (Å²) in [6.45, 7) is 9.32. The number of carbonyl (C=O) groups excluding carboxylic acids is 2. The quantitative estimate of drug-likeness (QED) is 0.187. The minimum absolute atomic E-state index is 0.0818. The summed E-state index contributed by atoms with van der Waals surface area (Å²) in [5, 5.41) is 3.07. The number of amides is 2. The number of aryl methyl sites for hydroxylation is 3. The molecule has 0 saturated heterocycles. The second kappa shape index (κ2) is 15.0. The van der Waals surface area contributed by atoms with Crippen LogP contribution in [0.1, 0.15) is 48.1 Å². The van der Waals surface area contributed by atoms with Crippen LogP contribution in [0.5, 0.6) is 0 Å². The fourth-order valence-electron chi connectivity index (χ4n) is 5.32. The van der Waals surface area contributed by atoms with E-state index in [1.54, 1.807) is 24.3 Å². The molecule has 2 amide bonds. The van der Waals surface area contributed by atoms with E-state index in [0.29, 0.717) is 5.69 Å². The molecular formula is C37H43N3O4S. The minimum atomic E-state index is -4.14. The maximum absolute atomic E-state index is 14.6. The van der Waals surface area contributed by atoms with E-state index in [9.17, 15) is 18.0 Å². The molecule has 0 saturated carbocycles. The number of benzene rings is 4. The molecule has 0 fully saturated rings. The van der Waals surface area contributed by atoms with E-state index in [2.05, 4.69) is 5.32 Å². The molecule has 4 aromatic carbocycles. The van der Waals surface area contributed by atoms with Gasteiger partial charge in [-0.15, -0.1) is 0 Å². The lowest BCUT2D eigenvalue weighted by Gasteiger charge is -2.34. The highest BCUT2D eigenvalue weighted by atomic mass is 32.2. The third kappa shape index (κ3) is 8.60. The maximum Gasteiger partial charge on any atom is 0.264 e. The number of rotatable bonds is 13. The Balaban J connectivity index is 1.83. The van der Waals surface area contributed by atoms with Gasteiger partial charge in [0.25, 0.3) is 10.0 Å². The van der Waals surface area contributed by atoms with Crippen molar-refractivity contribution in [1.29, 1.82) is 0 Å². The van der Waals surface area contributed by atoms with Gasteiger partial charge < -0.3 is 10.2 Å². The predicted octanol–water partition coefficient (Wildman–Crippen LogP) is 6.36. The highest BCUT2D eigenvalue weighted by molar-refractivity contribution is 7.92. The first-order valence-electron chi connectivity index (χ1n) is 15.3. The Kier molecular flexibility index (Phi) is 11.2. The molecule has 0 radical (unpaired) electrons. The largest absolute Gasteiger partial charge is 0.352 e. The monoisotopic (exact) mass is 625 g/mol. The zero-order valence-electron chi connectivity index (χ0n) is 26.7. The lowest BCUT2D eigenvalue weighted by molar-refractivity contribution is -0.140. The lowest BCUT2D eigenvalue weighted by atomic mass is 10.0. The van der Waals surface area contributed by atoms with Gasteiger partial charge in [-0.3, -0.25) is 13.9 Å². The van der Waals surface area contributed by atoms with Crippen LogP contribution in [0.3, 0.4) is 0 Å². The lowest BCUT2D eigenvalue weighted by Crippen LogP contribution is -2.54. The Morgan fingerprint density at radius 3 is 2.02 bits per heavy atom. The summed E-state index contributed by atoms with van der Waals surface area (Å²) in [6.07, 6.45) is 1.00. The molecule has 8 heteroatoms. The highest BCUT2D eigenvalue weighted by Crippen LogP contribution is 2.28. The number of hydrogen-bond donors (Lipinski definition) is 1. The first kappa shape index (κ1) is 33.5. The van der Waals surface area contributed by atoms with Crippen molar-refractivity contribution in [1.82, 2.24) is 10.2 Å². The van der Waals surface area contributed by atoms with Crippen molar-refractivity contribution >= 4 is 27.5 Å². The maximum atomic E-state index is 14.6. The van der Waals surface area contributed by atoms with E-state index < -0.39 is 28.5 Å². The van der Waals surface area contributed by atoms with Crippen LogP contribution in [0.2, 0.25) is 0 Å². The summed E-state index contributed by atoms with van der Waals surface area (Å²) in [5.74, 6) is -0.755. The van der Waals surface area contributed by atoms with E-state index >= 15 is 0 Å². The molecule has 0 heterocycles. The van der Waals surface area contributed by atoms with E-state index in [4.69, 9.17) is 0 Å². The predicted molar refractivity (Wildman–Crippen MR) is 180 cm³/mol. The molecule has 2 atom stereocenters. The Morgan fingerprint density at radius 1 is 0.778 bits per heavy atom. The van der Waals surface area contributed by atoms with Crippen LogP contribution in [0.4, 0.5) is 5.69 Å². The average Bonchev–Trinajstić information content (AvgIpc) is 3.02. The third-order valence-corrected chi connectivity index (χ3v) is 9.71. The Hall–Kier alpha value is -4.43. The van der Waals surface area contributed by atoms with Gasteiger partial charge in [0.15, 0.2) is 0 Å². The standard InChI is InChI=1S/C37H43N3O4S/c1-6-30(5)38-37(42)35(24-31-15-9-7-10-16-31)39(25-32-17-13-14-27(2)23-32)36(41)26-40(34-21-20-28(3)22-29(34)4)45(43,44)33-18-11-8-12-19-33/h7-23,30,35H,6,24-26H2,1-5H3,(H,38,42)/t30-,35+/m0/s1. The van der Waals surface area contributed by atoms with Crippen LogP contribution in [-0.4, -0.2) is 43.8 Å². The summed E-state index contributed by atoms with van der Waals surface area (Å²) < 4.78 is 29.5. The minimum Gasteiger partial charge on any atom is -0.352 e. The second-order valence-electron chi connectivity index (χ2n) is 11.6. The SMILES string of the molecule is CC[C@H](C)NC(=O)[C@@H](Cc1ccccc1)N(Cc1cccc(C)c1)C(=O)CN(c1ccc(C)cc1C)S(=O)(=O)c1ccccc1. The van der Waals surface area contributed by atoms with Crippen LogP contribution in [0.25, 0.3) is 0 Å². The topological polar surface area (TPSA) is 86.8 Å². The summed E-state index contributed by atoms with van der Waals surface area (Å²) in [7, 11) is -4.14. The van der Waals surface area contributed by atoms with Crippen molar-refractivity contribution in [2.24, 2.45) is 0 Å². The summed E-state index contributed by atoms with van der Waals surface area (Å²) >= 11 is 0. The van der Waals surface area contributed by atoms with Gasteiger partial charge >= 0.3 is 0 Å². The Morgan fingerprint density at radius 2 is 1.40 bits per heavy atom. The first-order chi connectivity index (χ1) is 21.5. The number of carbonyl (C=O) groups is 2. The molecule has 236 valence electrons. The van der Waals surface area contributed by atoms with Gasteiger partial charge in [0, 0.05) is 19.0 Å². The molecule has 0 aliphatic carbocycles. The van der Waals surface area contributed by atoms with Crippen molar-refractivity contribution in [3.8, 4) is 0 Å². The zero-order chi connectivity index (χ0) is 32.6. The van der Waals surface area contributed by atoms with Gasteiger partial charge in [-0.05, 0) is 69.0 Å². The van der Waals surface area contributed by atoms with Crippen LogP contribution in [0, 0.1) is 20.8 Å². The highest BCUT2D eigenvalue weighted by Gasteiger charge is 2.35. The average molecular weight is 626 g/mol. The molecule has 4 rings (SSSR count). The molecule has 0 unspecified atom stereocenters. The van der Waals surface area contributed by atoms with Crippen LogP contribution in [0.15, 0.2) is 108 Å². The van der Waals surface area contributed by atoms with Gasteiger partial charge in [-0.2, -0.15) is 0 Å². The van der Waals surface area contributed by atoms with E-state index in [0.717, 1.165) is 34.2 Å². The van der Waals surface area contributed by atoms with Gasteiger partial charge in [-0.25, -0.2) is 8.42 Å². The van der Waals surface area contributed by atoms with E-state index in [1.807, 2.05) is 101 Å². The molecule has 0 aromatic heterocycles. The summed E-state index contributed by atoms with van der Waals surface area (Å²) in [4.78, 5) is 30.2. The third-order valence-electron chi connectivity index (χ3n) is 7.94. The molecular weight excluding hydrogens is 582 g/mol. The van der Waals surface area contributed by atoms with Crippen molar-refractivity contribution < 1.29 is 18.0 Å². The number of nitrogens with one attached hydrogen (secondary N) is 1.